The van der Waals surface area contributed by atoms with Crippen molar-refractivity contribution in [3.63, 3.8) is 0 Å². The van der Waals surface area contributed by atoms with E-state index in [0.29, 0.717) is 19.8 Å². The van der Waals surface area contributed by atoms with E-state index >= 15 is 0 Å². The quantitative estimate of drug-likeness (QED) is 0.716. The van der Waals surface area contributed by atoms with Gasteiger partial charge in [0.15, 0.2) is 0 Å². The number of hydrogen-bond acceptors (Lipinski definition) is 5. The highest BCUT2D eigenvalue weighted by Gasteiger charge is 2.32. The molecule has 1 saturated carbocycles. The normalized spacial score (nSPS) is 17.1. The van der Waals surface area contributed by atoms with Gasteiger partial charge in [-0.3, -0.25) is 4.98 Å². The minimum Gasteiger partial charge on any atom is -0.489 e. The van der Waals surface area contributed by atoms with Crippen molar-refractivity contribution < 1.29 is 14.6 Å². The zero-order valence-electron chi connectivity index (χ0n) is 13.0. The zero-order chi connectivity index (χ0) is 15.1. The molecule has 0 bridgehead atoms. The van der Waals surface area contributed by atoms with Crippen molar-refractivity contribution >= 4 is 0 Å². The lowest BCUT2D eigenvalue weighted by atomic mass is 10.0. The van der Waals surface area contributed by atoms with Crippen LogP contribution in [0, 0.1) is 6.92 Å². The van der Waals surface area contributed by atoms with Gasteiger partial charge in [0, 0.05) is 25.9 Å². The van der Waals surface area contributed by atoms with Crippen molar-refractivity contribution in [1.29, 1.82) is 0 Å². The number of aromatic nitrogens is 1. The van der Waals surface area contributed by atoms with Crippen molar-refractivity contribution in [2.24, 2.45) is 0 Å². The van der Waals surface area contributed by atoms with Crippen LogP contribution in [-0.2, 0) is 11.3 Å². The number of hydrogen-bond donors (Lipinski definition) is 2. The van der Waals surface area contributed by atoms with Crippen LogP contribution < -0.4 is 10.1 Å². The first-order valence-corrected chi connectivity index (χ1v) is 7.64. The van der Waals surface area contributed by atoms with Crippen LogP contribution in [0.3, 0.4) is 0 Å². The molecule has 2 rings (SSSR count). The summed E-state index contributed by atoms with van der Waals surface area (Å²) in [5.41, 5.74) is 1.18. The summed E-state index contributed by atoms with van der Waals surface area (Å²) < 4.78 is 10.9. The Morgan fingerprint density at radius 1 is 1.33 bits per heavy atom. The molecule has 0 unspecified atom stereocenters. The number of aliphatic hydroxyl groups is 1. The number of methoxy groups -OCH3 is 1. The van der Waals surface area contributed by atoms with E-state index < -0.39 is 5.60 Å². The highest BCUT2D eigenvalue weighted by atomic mass is 16.5. The van der Waals surface area contributed by atoms with Gasteiger partial charge in [0.2, 0.25) is 0 Å². The van der Waals surface area contributed by atoms with Gasteiger partial charge >= 0.3 is 0 Å². The average Bonchev–Trinajstić information content (AvgIpc) is 2.90. The zero-order valence-corrected chi connectivity index (χ0v) is 13.0. The Balaban J connectivity index is 1.94. The predicted molar refractivity (Wildman–Crippen MR) is 81.5 cm³/mol. The number of aryl methyl sites for hydroxylation is 1. The molecule has 0 aliphatic heterocycles. The topological polar surface area (TPSA) is 63.6 Å². The van der Waals surface area contributed by atoms with Gasteiger partial charge in [-0.1, -0.05) is 12.8 Å². The van der Waals surface area contributed by atoms with E-state index in [1.165, 1.54) is 0 Å². The van der Waals surface area contributed by atoms with Gasteiger partial charge in [-0.25, -0.2) is 0 Å². The van der Waals surface area contributed by atoms with Gasteiger partial charge in [0.25, 0.3) is 0 Å². The molecular formula is C16H26N2O3. The Morgan fingerprint density at radius 3 is 2.81 bits per heavy atom. The van der Waals surface area contributed by atoms with Gasteiger partial charge in [0.05, 0.1) is 17.9 Å². The van der Waals surface area contributed by atoms with Gasteiger partial charge in [-0.2, -0.15) is 0 Å². The number of pyridine rings is 1. The van der Waals surface area contributed by atoms with Crippen LogP contribution in [0.15, 0.2) is 12.1 Å². The second-order valence-electron chi connectivity index (χ2n) is 5.79. The number of ether oxygens (including phenoxy) is 2. The summed E-state index contributed by atoms with van der Waals surface area (Å²) in [5.74, 6) is 0.755. The third-order valence-corrected chi connectivity index (χ3v) is 3.88. The minimum atomic E-state index is -0.661. The Kier molecular flexibility index (Phi) is 5.96. The fourth-order valence-corrected chi connectivity index (χ4v) is 2.63. The Bertz CT molecular complexity index is 445. The summed E-state index contributed by atoms with van der Waals surface area (Å²) in [4.78, 5) is 4.53. The lowest BCUT2D eigenvalue weighted by molar-refractivity contribution is 0.000970. The third-order valence-electron chi connectivity index (χ3n) is 3.88. The van der Waals surface area contributed by atoms with E-state index in [2.05, 4.69) is 10.3 Å². The molecule has 1 heterocycles. The number of rotatable bonds is 8. The second kappa shape index (κ2) is 7.73. The molecule has 1 fully saturated rings. The van der Waals surface area contributed by atoms with Gasteiger partial charge in [0.1, 0.15) is 12.4 Å². The molecule has 0 atom stereocenters. The van der Waals surface area contributed by atoms with Crippen molar-refractivity contribution in [3.05, 3.63) is 23.5 Å². The molecule has 1 aromatic rings. The van der Waals surface area contributed by atoms with E-state index in [1.54, 1.807) is 7.11 Å². The molecule has 5 heteroatoms. The Hall–Kier alpha value is -1.17. The Morgan fingerprint density at radius 2 is 2.10 bits per heavy atom. The van der Waals surface area contributed by atoms with E-state index in [9.17, 15) is 5.11 Å². The molecule has 0 aromatic carbocycles. The molecule has 0 radical (unpaired) electrons. The lowest BCUT2D eigenvalue weighted by Crippen LogP contribution is -2.32. The first kappa shape index (κ1) is 16.2. The molecular weight excluding hydrogens is 268 g/mol. The number of nitrogens with one attached hydrogen (secondary N) is 1. The summed E-state index contributed by atoms with van der Waals surface area (Å²) in [6.07, 6.45) is 3.82. The molecule has 5 nitrogen and oxygen atoms in total. The standard InChI is InChI=1S/C16H26N2O3/c1-13-5-6-15(14(18-13)11-17-9-10-20-2)21-12-16(19)7-3-4-8-16/h5-6,17,19H,3-4,7-12H2,1-2H3. The SMILES string of the molecule is COCCNCc1nc(C)ccc1OCC1(O)CCCC1. The predicted octanol–water partition coefficient (Wildman–Crippen LogP) is 1.81. The van der Waals surface area contributed by atoms with E-state index in [1.807, 2.05) is 19.1 Å². The van der Waals surface area contributed by atoms with E-state index in [-0.39, 0.29) is 0 Å². The fourth-order valence-electron chi connectivity index (χ4n) is 2.63. The molecule has 1 aliphatic carbocycles. The molecule has 2 N–H and O–H groups in total. The van der Waals surface area contributed by atoms with Crippen LogP contribution in [0.5, 0.6) is 5.75 Å². The second-order valence-corrected chi connectivity index (χ2v) is 5.79. The smallest absolute Gasteiger partial charge is 0.142 e. The summed E-state index contributed by atoms with van der Waals surface area (Å²) in [6.45, 7) is 4.39. The van der Waals surface area contributed by atoms with Crippen LogP contribution in [-0.4, -0.2) is 42.6 Å². The molecule has 118 valence electrons. The van der Waals surface area contributed by atoms with Crippen molar-refractivity contribution in [2.75, 3.05) is 26.9 Å². The first-order valence-electron chi connectivity index (χ1n) is 7.64. The van der Waals surface area contributed by atoms with E-state index in [0.717, 1.165) is 49.4 Å². The summed E-state index contributed by atoms with van der Waals surface area (Å²) in [6, 6.07) is 3.88. The minimum absolute atomic E-state index is 0.350. The molecule has 1 aromatic heterocycles. The average molecular weight is 294 g/mol. The van der Waals surface area contributed by atoms with Gasteiger partial charge < -0.3 is 19.9 Å². The fraction of sp³-hybridized carbons (Fsp3) is 0.688. The lowest BCUT2D eigenvalue weighted by Gasteiger charge is -2.23. The number of nitrogens with zero attached hydrogens (tertiary/aromatic N) is 1. The molecule has 1 aliphatic rings. The maximum absolute atomic E-state index is 10.4. The van der Waals surface area contributed by atoms with Gasteiger partial charge in [-0.15, -0.1) is 0 Å². The van der Waals surface area contributed by atoms with Gasteiger partial charge in [-0.05, 0) is 31.9 Å². The van der Waals surface area contributed by atoms with Crippen LogP contribution in [0.25, 0.3) is 0 Å². The largest absolute Gasteiger partial charge is 0.489 e. The van der Waals surface area contributed by atoms with Crippen LogP contribution >= 0.6 is 0 Å². The van der Waals surface area contributed by atoms with E-state index in [4.69, 9.17) is 9.47 Å². The maximum Gasteiger partial charge on any atom is 0.142 e. The monoisotopic (exact) mass is 294 g/mol. The molecule has 21 heavy (non-hydrogen) atoms. The summed E-state index contributed by atoms with van der Waals surface area (Å²) in [7, 11) is 1.68. The van der Waals surface area contributed by atoms with Crippen molar-refractivity contribution in [1.82, 2.24) is 10.3 Å². The molecule has 0 spiro atoms. The maximum atomic E-state index is 10.4. The highest BCUT2D eigenvalue weighted by Crippen LogP contribution is 2.30. The van der Waals surface area contributed by atoms with Crippen LogP contribution in [0.4, 0.5) is 0 Å². The third kappa shape index (κ3) is 4.95. The summed E-state index contributed by atoms with van der Waals surface area (Å²) >= 11 is 0. The highest BCUT2D eigenvalue weighted by molar-refractivity contribution is 5.29. The van der Waals surface area contributed by atoms with Crippen molar-refractivity contribution in [2.45, 2.75) is 44.8 Å². The molecule has 0 saturated heterocycles. The first-order chi connectivity index (χ1) is 10.1. The van der Waals surface area contributed by atoms with Crippen LogP contribution in [0.1, 0.15) is 37.1 Å². The summed E-state index contributed by atoms with van der Waals surface area (Å²) in [5, 5.41) is 13.6. The van der Waals surface area contributed by atoms with Crippen molar-refractivity contribution in [3.8, 4) is 5.75 Å². The van der Waals surface area contributed by atoms with Crippen LogP contribution in [0.2, 0.25) is 0 Å². The Labute approximate surface area is 126 Å². The molecule has 0 amide bonds.